The molecule has 1 aromatic heterocycles. The number of aromatic nitrogens is 2. The number of aliphatic imine (C=N–C) groups is 1. The van der Waals surface area contributed by atoms with Crippen molar-refractivity contribution in [3.8, 4) is 0 Å². The van der Waals surface area contributed by atoms with Crippen molar-refractivity contribution in [1.82, 2.24) is 24.9 Å². The van der Waals surface area contributed by atoms with Gasteiger partial charge in [-0.25, -0.2) is 4.39 Å². The van der Waals surface area contributed by atoms with Gasteiger partial charge < -0.3 is 10.2 Å². The summed E-state index contributed by atoms with van der Waals surface area (Å²) in [6.07, 6.45) is 7.38. The Hall–Kier alpha value is -2.12. The Morgan fingerprint density at radius 3 is 2.80 bits per heavy atom. The van der Waals surface area contributed by atoms with Crippen molar-refractivity contribution in [3.05, 3.63) is 52.6 Å². The predicted molar refractivity (Wildman–Crippen MR) is 118 cm³/mol. The van der Waals surface area contributed by atoms with Gasteiger partial charge in [0.15, 0.2) is 5.96 Å². The number of nitrogens with zero attached hydrogens (tertiary/aromatic N) is 5. The zero-order valence-electron chi connectivity index (χ0n) is 17.7. The van der Waals surface area contributed by atoms with Crippen molar-refractivity contribution in [2.24, 2.45) is 12.0 Å². The molecular weight excluding hydrogens is 403 g/mol. The number of hydrogen-bond acceptors (Lipinski definition) is 3. The van der Waals surface area contributed by atoms with Crippen LogP contribution in [0, 0.1) is 5.82 Å². The number of aryl methyl sites for hydroxylation is 1. The van der Waals surface area contributed by atoms with E-state index < -0.39 is 0 Å². The average Bonchev–Trinajstić information content (AvgIpc) is 3.48. The van der Waals surface area contributed by atoms with E-state index in [0.29, 0.717) is 23.0 Å². The summed E-state index contributed by atoms with van der Waals surface area (Å²) in [7, 11) is 3.75. The van der Waals surface area contributed by atoms with Crippen LogP contribution in [0.2, 0.25) is 5.02 Å². The Kier molecular flexibility index (Phi) is 6.58. The molecule has 162 valence electrons. The van der Waals surface area contributed by atoms with Crippen LogP contribution in [0.1, 0.15) is 42.3 Å². The number of hydrogen-bond donors (Lipinski definition) is 1. The van der Waals surface area contributed by atoms with Crippen LogP contribution in [-0.4, -0.2) is 65.3 Å². The van der Waals surface area contributed by atoms with E-state index in [1.807, 2.05) is 17.9 Å². The summed E-state index contributed by atoms with van der Waals surface area (Å²) >= 11 is 6.42. The minimum atomic E-state index is -0.242. The molecule has 1 aromatic carbocycles. The predicted octanol–water partition coefficient (Wildman–Crippen LogP) is 3.41. The van der Waals surface area contributed by atoms with Gasteiger partial charge in [0, 0.05) is 56.4 Å². The third-order valence-corrected chi connectivity index (χ3v) is 6.59. The third kappa shape index (κ3) is 4.47. The van der Waals surface area contributed by atoms with Crippen molar-refractivity contribution in [3.63, 3.8) is 0 Å². The Bertz CT molecular complexity index is 871. The second kappa shape index (κ2) is 9.35. The molecule has 4 rings (SSSR count). The Morgan fingerprint density at radius 1 is 1.33 bits per heavy atom. The fraction of sp³-hybridized carbons (Fsp3) is 0.545. The number of rotatable bonds is 5. The molecule has 2 aromatic rings. The molecule has 0 spiro atoms. The van der Waals surface area contributed by atoms with Gasteiger partial charge in [-0.05, 0) is 50.0 Å². The molecule has 30 heavy (non-hydrogen) atoms. The van der Waals surface area contributed by atoms with Crippen LogP contribution >= 0.6 is 11.6 Å². The number of guanidine groups is 1. The van der Waals surface area contributed by atoms with Crippen LogP contribution in [0.4, 0.5) is 4.39 Å². The largest absolute Gasteiger partial charge is 0.354 e. The Labute approximate surface area is 182 Å². The van der Waals surface area contributed by atoms with E-state index >= 15 is 0 Å². The maximum Gasteiger partial charge on any atom is 0.193 e. The smallest absolute Gasteiger partial charge is 0.193 e. The summed E-state index contributed by atoms with van der Waals surface area (Å²) in [4.78, 5) is 9.11. The van der Waals surface area contributed by atoms with Crippen LogP contribution in [0.15, 0.2) is 35.6 Å². The normalized spacial score (nSPS) is 21.4. The monoisotopic (exact) mass is 432 g/mol. The van der Waals surface area contributed by atoms with Crippen molar-refractivity contribution in [2.75, 3.05) is 39.8 Å². The maximum absolute atomic E-state index is 14.7. The first-order valence-corrected chi connectivity index (χ1v) is 11.1. The first kappa shape index (κ1) is 21.1. The minimum Gasteiger partial charge on any atom is -0.354 e. The highest BCUT2D eigenvalue weighted by atomic mass is 35.5. The summed E-state index contributed by atoms with van der Waals surface area (Å²) in [5, 5.41) is 8.30. The lowest BCUT2D eigenvalue weighted by molar-refractivity contribution is 0.239. The molecular formula is C22H30ClFN6. The van der Waals surface area contributed by atoms with Crippen LogP contribution in [0.3, 0.4) is 0 Å². The summed E-state index contributed by atoms with van der Waals surface area (Å²) < 4.78 is 16.6. The Balaban J connectivity index is 1.46. The third-order valence-electron chi connectivity index (χ3n) is 6.26. The number of nitrogens with one attached hydrogen (secondary N) is 1. The van der Waals surface area contributed by atoms with Crippen molar-refractivity contribution in [2.45, 2.75) is 31.2 Å². The summed E-state index contributed by atoms with van der Waals surface area (Å²) in [6.45, 7) is 4.33. The van der Waals surface area contributed by atoms with E-state index in [1.165, 1.54) is 11.6 Å². The Morgan fingerprint density at radius 2 is 2.13 bits per heavy atom. The van der Waals surface area contributed by atoms with Crippen molar-refractivity contribution < 1.29 is 4.39 Å². The number of halogens is 2. The number of likely N-dealkylation sites (tertiary alicyclic amines) is 2. The topological polar surface area (TPSA) is 48.7 Å². The molecule has 6 nitrogen and oxygen atoms in total. The van der Waals surface area contributed by atoms with Gasteiger partial charge in [0.1, 0.15) is 5.82 Å². The summed E-state index contributed by atoms with van der Waals surface area (Å²) in [6, 6.07) is 4.82. The fourth-order valence-electron chi connectivity index (χ4n) is 4.69. The molecule has 2 unspecified atom stereocenters. The van der Waals surface area contributed by atoms with E-state index in [0.717, 1.165) is 51.4 Å². The highest BCUT2D eigenvalue weighted by Gasteiger charge is 2.30. The first-order valence-electron chi connectivity index (χ1n) is 10.7. The van der Waals surface area contributed by atoms with Gasteiger partial charge >= 0.3 is 0 Å². The first-order chi connectivity index (χ1) is 14.6. The molecule has 8 heteroatoms. The zero-order valence-corrected chi connectivity index (χ0v) is 18.4. The average molecular weight is 433 g/mol. The molecule has 0 bridgehead atoms. The molecule has 0 amide bonds. The summed E-state index contributed by atoms with van der Waals surface area (Å²) in [5.74, 6) is 1.07. The van der Waals surface area contributed by atoms with Gasteiger partial charge in [0.05, 0.1) is 12.2 Å². The molecule has 2 saturated heterocycles. The molecule has 0 radical (unpaired) electrons. The van der Waals surface area contributed by atoms with Gasteiger partial charge in [-0.3, -0.25) is 14.6 Å². The highest BCUT2D eigenvalue weighted by Crippen LogP contribution is 2.32. The highest BCUT2D eigenvalue weighted by molar-refractivity contribution is 6.31. The molecule has 0 aliphatic carbocycles. The molecule has 2 atom stereocenters. The second-order valence-corrected chi connectivity index (χ2v) is 8.61. The molecule has 2 aliphatic rings. The summed E-state index contributed by atoms with van der Waals surface area (Å²) in [5.41, 5.74) is 1.85. The van der Waals surface area contributed by atoms with Gasteiger partial charge in [0.2, 0.25) is 0 Å². The zero-order chi connectivity index (χ0) is 21.1. The number of benzene rings is 1. The van der Waals surface area contributed by atoms with Crippen LogP contribution in [0.5, 0.6) is 0 Å². The van der Waals surface area contributed by atoms with E-state index in [-0.39, 0.29) is 11.9 Å². The van der Waals surface area contributed by atoms with Gasteiger partial charge in [-0.1, -0.05) is 17.7 Å². The van der Waals surface area contributed by atoms with Crippen LogP contribution < -0.4 is 5.32 Å². The molecule has 3 heterocycles. The van der Waals surface area contributed by atoms with Gasteiger partial charge in [-0.2, -0.15) is 5.10 Å². The van der Waals surface area contributed by atoms with Gasteiger partial charge in [0.25, 0.3) is 0 Å². The molecule has 2 fully saturated rings. The quantitative estimate of drug-likeness (QED) is 0.581. The van der Waals surface area contributed by atoms with Crippen LogP contribution in [-0.2, 0) is 7.05 Å². The van der Waals surface area contributed by atoms with E-state index in [1.54, 1.807) is 19.2 Å². The maximum atomic E-state index is 14.7. The fourth-order valence-corrected chi connectivity index (χ4v) is 4.98. The van der Waals surface area contributed by atoms with Crippen molar-refractivity contribution >= 4 is 17.6 Å². The van der Waals surface area contributed by atoms with E-state index in [2.05, 4.69) is 31.4 Å². The molecule has 2 aliphatic heterocycles. The van der Waals surface area contributed by atoms with Crippen molar-refractivity contribution in [1.29, 1.82) is 0 Å². The lowest BCUT2D eigenvalue weighted by atomic mass is 10.0. The van der Waals surface area contributed by atoms with Crippen LogP contribution in [0.25, 0.3) is 0 Å². The minimum absolute atomic E-state index is 0.116. The van der Waals surface area contributed by atoms with Gasteiger partial charge in [-0.15, -0.1) is 0 Å². The standard InChI is InChI=1S/C22H30ClFN6/c1-25-22(30-11-8-16(15-30)17-12-27-28(2)14-17)26-13-20(29-9-3-4-10-29)21-18(23)6-5-7-19(21)24/h5-7,12,14,16,20H,3-4,8-11,13,15H2,1-2H3,(H,25,26). The lowest BCUT2D eigenvalue weighted by Gasteiger charge is -2.31. The molecule has 1 N–H and O–H groups in total. The SMILES string of the molecule is CN=C(NCC(c1c(F)cccc1Cl)N1CCCC1)N1CCC(c2cnn(C)c2)C1. The molecule has 0 saturated carbocycles. The van der Waals surface area contributed by atoms with E-state index in [4.69, 9.17) is 11.6 Å². The van der Waals surface area contributed by atoms with E-state index in [9.17, 15) is 4.39 Å². The second-order valence-electron chi connectivity index (χ2n) is 8.20. The lowest BCUT2D eigenvalue weighted by Crippen LogP contribution is -2.44.